The van der Waals surface area contributed by atoms with Crippen LogP contribution < -0.4 is 19.5 Å². The van der Waals surface area contributed by atoms with Crippen LogP contribution in [0.4, 0.5) is 13.9 Å². The average molecular weight is 432 g/mol. The van der Waals surface area contributed by atoms with Crippen LogP contribution in [0, 0.1) is 0 Å². The number of alkyl halides is 2. The van der Waals surface area contributed by atoms with Gasteiger partial charge in [-0.05, 0) is 36.4 Å². The van der Waals surface area contributed by atoms with Gasteiger partial charge in [-0.3, -0.25) is 10.1 Å². The van der Waals surface area contributed by atoms with Gasteiger partial charge in [-0.25, -0.2) is 4.98 Å². The van der Waals surface area contributed by atoms with E-state index < -0.39 is 12.5 Å². The standard InChI is InChI=1S/C21H18F2N2O4S/c1-27-15-9-6-13(7-10-15)16-12-30-21(24-16)25-18(26)11-8-14-4-3-5-17(28-2)19(14)29-20(22)23/h3-12,20H,1-2H3,(H,24,25,26)/b11-8+. The van der Waals surface area contributed by atoms with E-state index in [1.807, 2.05) is 29.6 Å². The lowest BCUT2D eigenvalue weighted by molar-refractivity contribution is -0.111. The largest absolute Gasteiger partial charge is 0.497 e. The molecule has 1 heterocycles. The number of anilines is 1. The molecule has 0 unspecified atom stereocenters. The number of ether oxygens (including phenoxy) is 3. The Kier molecular flexibility index (Phi) is 6.97. The van der Waals surface area contributed by atoms with E-state index in [9.17, 15) is 13.6 Å². The van der Waals surface area contributed by atoms with Gasteiger partial charge >= 0.3 is 6.61 Å². The molecule has 0 aliphatic rings. The van der Waals surface area contributed by atoms with Crippen LogP contribution >= 0.6 is 11.3 Å². The molecule has 0 saturated carbocycles. The Hall–Kier alpha value is -3.46. The third kappa shape index (κ3) is 5.32. The molecule has 3 rings (SSSR count). The van der Waals surface area contributed by atoms with Crippen molar-refractivity contribution in [2.24, 2.45) is 0 Å². The van der Waals surface area contributed by atoms with Gasteiger partial charge in [0.15, 0.2) is 16.6 Å². The smallest absolute Gasteiger partial charge is 0.387 e. The van der Waals surface area contributed by atoms with Gasteiger partial charge in [0.2, 0.25) is 5.91 Å². The predicted molar refractivity (Wildman–Crippen MR) is 111 cm³/mol. The van der Waals surface area contributed by atoms with Gasteiger partial charge in [-0.2, -0.15) is 8.78 Å². The molecule has 0 fully saturated rings. The number of nitrogens with one attached hydrogen (secondary N) is 1. The molecule has 0 bridgehead atoms. The summed E-state index contributed by atoms with van der Waals surface area (Å²) in [5.74, 6) is 0.272. The molecule has 0 radical (unpaired) electrons. The Morgan fingerprint density at radius 2 is 1.90 bits per heavy atom. The Morgan fingerprint density at radius 3 is 2.57 bits per heavy atom. The molecule has 0 aliphatic carbocycles. The number of methoxy groups -OCH3 is 2. The molecule has 1 amide bonds. The van der Waals surface area contributed by atoms with Crippen LogP contribution in [-0.2, 0) is 4.79 Å². The molecule has 6 nitrogen and oxygen atoms in total. The van der Waals surface area contributed by atoms with Gasteiger partial charge in [0, 0.05) is 22.6 Å². The van der Waals surface area contributed by atoms with Crippen LogP contribution in [0.25, 0.3) is 17.3 Å². The summed E-state index contributed by atoms with van der Waals surface area (Å²) in [6.45, 7) is -3.02. The molecule has 2 aromatic carbocycles. The van der Waals surface area contributed by atoms with Gasteiger partial charge in [0.05, 0.1) is 19.9 Å². The highest BCUT2D eigenvalue weighted by molar-refractivity contribution is 7.14. The third-order valence-electron chi connectivity index (χ3n) is 3.97. The van der Waals surface area contributed by atoms with Crippen LogP contribution in [0.1, 0.15) is 5.56 Å². The number of halogens is 2. The van der Waals surface area contributed by atoms with Gasteiger partial charge in [0.1, 0.15) is 5.75 Å². The molecule has 0 spiro atoms. The molecule has 156 valence electrons. The molecule has 1 N–H and O–H groups in total. The van der Waals surface area contributed by atoms with Gasteiger partial charge in [0.25, 0.3) is 0 Å². The van der Waals surface area contributed by atoms with Crippen molar-refractivity contribution in [1.82, 2.24) is 4.98 Å². The second kappa shape index (κ2) is 9.84. The van der Waals surface area contributed by atoms with E-state index in [1.54, 1.807) is 13.2 Å². The highest BCUT2D eigenvalue weighted by Gasteiger charge is 2.14. The zero-order chi connectivity index (χ0) is 21.5. The number of para-hydroxylation sites is 1. The summed E-state index contributed by atoms with van der Waals surface area (Å²) >= 11 is 1.27. The molecule has 1 aromatic heterocycles. The minimum absolute atomic E-state index is 0.141. The van der Waals surface area contributed by atoms with Gasteiger partial charge in [-0.15, -0.1) is 11.3 Å². The van der Waals surface area contributed by atoms with Crippen LogP contribution in [0.3, 0.4) is 0 Å². The maximum atomic E-state index is 12.7. The quantitative estimate of drug-likeness (QED) is 0.503. The Balaban J connectivity index is 1.70. The lowest BCUT2D eigenvalue weighted by atomic mass is 10.1. The third-order valence-corrected chi connectivity index (χ3v) is 4.73. The minimum atomic E-state index is -3.02. The number of thiazole rings is 1. The second-order valence-electron chi connectivity index (χ2n) is 5.85. The number of carbonyl (C=O) groups excluding carboxylic acids is 1. The molecule has 3 aromatic rings. The molecule has 0 aliphatic heterocycles. The first kappa shape index (κ1) is 21.3. The van der Waals surface area contributed by atoms with E-state index in [4.69, 9.17) is 9.47 Å². The number of hydrogen-bond acceptors (Lipinski definition) is 6. The monoisotopic (exact) mass is 432 g/mol. The SMILES string of the molecule is COc1ccc(-c2csc(NC(=O)/C=C/c3cccc(OC)c3OC(F)F)n2)cc1. The van der Waals surface area contributed by atoms with Crippen LogP contribution in [0.5, 0.6) is 17.2 Å². The van der Waals surface area contributed by atoms with Crippen LogP contribution in [-0.4, -0.2) is 31.7 Å². The Labute approximate surface area is 175 Å². The van der Waals surface area contributed by atoms with Crippen molar-refractivity contribution in [3.63, 3.8) is 0 Å². The van der Waals surface area contributed by atoms with Crippen molar-refractivity contribution in [3.8, 4) is 28.5 Å². The number of aromatic nitrogens is 1. The number of benzene rings is 2. The summed E-state index contributed by atoms with van der Waals surface area (Å²) in [6.07, 6.45) is 2.58. The molecular weight excluding hydrogens is 414 g/mol. The summed E-state index contributed by atoms with van der Waals surface area (Å²) in [4.78, 5) is 16.6. The number of rotatable bonds is 8. The number of amides is 1. The van der Waals surface area contributed by atoms with Crippen LogP contribution in [0.2, 0.25) is 0 Å². The summed E-state index contributed by atoms with van der Waals surface area (Å²) in [5.41, 5.74) is 1.87. The summed E-state index contributed by atoms with van der Waals surface area (Å²) in [6, 6.07) is 12.0. The first-order chi connectivity index (χ1) is 14.5. The van der Waals surface area contributed by atoms with E-state index in [2.05, 4.69) is 15.0 Å². The molecule has 9 heteroatoms. The number of hydrogen-bond donors (Lipinski definition) is 1. The van der Waals surface area contributed by atoms with Crippen molar-refractivity contribution in [2.45, 2.75) is 6.61 Å². The van der Waals surface area contributed by atoms with Gasteiger partial charge < -0.3 is 14.2 Å². The zero-order valence-corrected chi connectivity index (χ0v) is 16.9. The predicted octanol–water partition coefficient (Wildman–Crippen LogP) is 5.08. The van der Waals surface area contributed by atoms with Crippen LogP contribution in [0.15, 0.2) is 53.9 Å². The fraction of sp³-hybridized carbons (Fsp3) is 0.143. The van der Waals surface area contributed by atoms with Crippen molar-refractivity contribution in [3.05, 3.63) is 59.5 Å². The van der Waals surface area contributed by atoms with Gasteiger partial charge in [-0.1, -0.05) is 12.1 Å². The number of nitrogens with zero attached hydrogens (tertiary/aromatic N) is 1. The summed E-state index contributed by atoms with van der Waals surface area (Å²) < 4.78 is 40.1. The zero-order valence-electron chi connectivity index (χ0n) is 16.1. The second-order valence-corrected chi connectivity index (χ2v) is 6.70. The highest BCUT2D eigenvalue weighted by atomic mass is 32.1. The molecule has 0 saturated heterocycles. The molecule has 30 heavy (non-hydrogen) atoms. The highest BCUT2D eigenvalue weighted by Crippen LogP contribution is 2.33. The average Bonchev–Trinajstić information content (AvgIpc) is 3.21. The van der Waals surface area contributed by atoms with Crippen molar-refractivity contribution in [2.75, 3.05) is 19.5 Å². The summed E-state index contributed by atoms with van der Waals surface area (Å²) in [7, 11) is 2.93. The summed E-state index contributed by atoms with van der Waals surface area (Å²) in [5, 5.41) is 4.88. The van der Waals surface area contributed by atoms with Crippen molar-refractivity contribution in [1.29, 1.82) is 0 Å². The topological polar surface area (TPSA) is 69.7 Å². The van der Waals surface area contributed by atoms with Crippen molar-refractivity contribution >= 4 is 28.5 Å². The van der Waals surface area contributed by atoms with E-state index in [0.717, 1.165) is 11.3 Å². The fourth-order valence-corrected chi connectivity index (χ4v) is 3.30. The molecule has 0 atom stereocenters. The van der Waals surface area contributed by atoms with E-state index >= 15 is 0 Å². The Morgan fingerprint density at radius 1 is 1.13 bits per heavy atom. The normalized spacial score (nSPS) is 11.0. The van der Waals surface area contributed by atoms with Crippen molar-refractivity contribution < 1.29 is 27.8 Å². The molecular formula is C21H18F2N2O4S. The minimum Gasteiger partial charge on any atom is -0.497 e. The maximum Gasteiger partial charge on any atom is 0.387 e. The van der Waals surface area contributed by atoms with E-state index in [0.29, 0.717) is 10.8 Å². The number of carbonyl (C=O) groups is 1. The Bertz CT molecular complexity index is 1040. The van der Waals surface area contributed by atoms with E-state index in [1.165, 1.54) is 42.7 Å². The lowest BCUT2D eigenvalue weighted by Crippen LogP contribution is -2.08. The lowest BCUT2D eigenvalue weighted by Gasteiger charge is -2.12. The van der Waals surface area contributed by atoms with E-state index in [-0.39, 0.29) is 17.1 Å². The maximum absolute atomic E-state index is 12.7. The first-order valence-electron chi connectivity index (χ1n) is 8.71. The first-order valence-corrected chi connectivity index (χ1v) is 9.59. The fourth-order valence-electron chi connectivity index (χ4n) is 2.58.